The van der Waals surface area contributed by atoms with Crippen LogP contribution in [0.2, 0.25) is 0 Å². The van der Waals surface area contributed by atoms with Crippen LogP contribution in [0.25, 0.3) is 0 Å². The molecule has 2 N–H and O–H groups in total. The molecule has 0 fully saturated rings. The number of H-pyrrole nitrogens is 2. The number of aromatic amines is 2. The van der Waals surface area contributed by atoms with E-state index in [4.69, 9.17) is 0 Å². The largest absolute Gasteiger partial charge is 0.325 e. The van der Waals surface area contributed by atoms with Gasteiger partial charge < -0.3 is 9.78 Å². The molecule has 11 heavy (non-hydrogen) atoms. The number of aldehydes is 1. The fourth-order valence-corrected chi connectivity index (χ4v) is 0.719. The van der Waals surface area contributed by atoms with Crippen molar-refractivity contribution in [1.29, 1.82) is 0 Å². The van der Waals surface area contributed by atoms with Crippen molar-refractivity contribution < 1.29 is 4.79 Å². The van der Waals surface area contributed by atoms with Gasteiger partial charge in [-0.05, 0) is 0 Å². The maximum absolute atomic E-state index is 10.6. The number of rotatable bonds is 2. The minimum atomic E-state index is -0.589. The van der Waals surface area contributed by atoms with Crippen molar-refractivity contribution in [2.24, 2.45) is 0 Å². The summed E-state index contributed by atoms with van der Waals surface area (Å²) in [6.07, 6.45) is 0.671. The summed E-state index contributed by atoms with van der Waals surface area (Å²) >= 11 is 0. The summed E-state index contributed by atoms with van der Waals surface area (Å²) in [7, 11) is 0. The smallest absolute Gasteiger partial charge is 0.311 e. The summed E-state index contributed by atoms with van der Waals surface area (Å²) < 4.78 is 0. The van der Waals surface area contributed by atoms with Crippen LogP contribution in [-0.2, 0) is 11.2 Å². The second-order valence-corrected chi connectivity index (χ2v) is 1.98. The van der Waals surface area contributed by atoms with Gasteiger partial charge in [-0.1, -0.05) is 0 Å². The summed E-state index contributed by atoms with van der Waals surface area (Å²) in [4.78, 5) is 35.4. The molecule has 0 bridgehead atoms. The zero-order valence-corrected chi connectivity index (χ0v) is 5.59. The molecule has 1 rings (SSSR count). The highest BCUT2D eigenvalue weighted by Crippen LogP contribution is 1.81. The highest BCUT2D eigenvalue weighted by atomic mass is 16.2. The SMILES string of the molecule is O=CCc1cc(=O)[nH]c(=O)[nH]1. The summed E-state index contributed by atoms with van der Waals surface area (Å²) in [5.41, 5.74) is -0.756. The van der Waals surface area contributed by atoms with E-state index in [0.717, 1.165) is 0 Å². The lowest BCUT2D eigenvalue weighted by molar-refractivity contribution is -0.107. The minimum absolute atomic E-state index is 0.0547. The molecule has 0 aliphatic rings. The monoisotopic (exact) mass is 154 g/mol. The number of hydrogen-bond donors (Lipinski definition) is 2. The topological polar surface area (TPSA) is 82.8 Å². The fraction of sp³-hybridized carbons (Fsp3) is 0.167. The molecule has 1 aromatic heterocycles. The number of carbonyl (C=O) groups is 1. The maximum atomic E-state index is 10.6. The average Bonchev–Trinajstić information content (AvgIpc) is 1.85. The highest BCUT2D eigenvalue weighted by molar-refractivity contribution is 5.53. The van der Waals surface area contributed by atoms with Gasteiger partial charge in [0.2, 0.25) is 0 Å². The Morgan fingerprint density at radius 1 is 1.36 bits per heavy atom. The lowest BCUT2D eigenvalue weighted by atomic mass is 10.3. The van der Waals surface area contributed by atoms with Crippen LogP contribution in [0, 0.1) is 0 Å². The lowest BCUT2D eigenvalue weighted by Crippen LogP contribution is -2.22. The Hall–Kier alpha value is -1.65. The third-order valence-electron chi connectivity index (χ3n) is 1.12. The van der Waals surface area contributed by atoms with Gasteiger partial charge >= 0.3 is 5.69 Å². The lowest BCUT2D eigenvalue weighted by Gasteiger charge is -1.90. The molecular formula is C6H6N2O3. The molecule has 0 saturated heterocycles. The zero-order valence-electron chi connectivity index (χ0n) is 5.59. The van der Waals surface area contributed by atoms with Crippen molar-refractivity contribution in [3.8, 4) is 0 Å². The molecule has 0 aliphatic carbocycles. The summed E-state index contributed by atoms with van der Waals surface area (Å²) in [6.45, 7) is 0. The van der Waals surface area contributed by atoms with Gasteiger partial charge in [0.15, 0.2) is 0 Å². The fourth-order valence-electron chi connectivity index (χ4n) is 0.719. The van der Waals surface area contributed by atoms with E-state index >= 15 is 0 Å². The molecule has 0 aliphatic heterocycles. The Bertz CT molecular complexity index is 334. The number of hydrogen-bond acceptors (Lipinski definition) is 3. The first-order valence-corrected chi connectivity index (χ1v) is 2.98. The summed E-state index contributed by atoms with van der Waals surface area (Å²) in [5.74, 6) is 0. The Morgan fingerprint density at radius 3 is 2.64 bits per heavy atom. The predicted molar refractivity (Wildman–Crippen MR) is 37.5 cm³/mol. The Kier molecular flexibility index (Phi) is 2.00. The predicted octanol–water partition coefficient (Wildman–Crippen LogP) is -1.20. The zero-order chi connectivity index (χ0) is 8.27. The molecular weight excluding hydrogens is 148 g/mol. The molecule has 1 aromatic rings. The molecule has 0 atom stereocenters. The normalized spacial score (nSPS) is 9.45. The molecule has 58 valence electrons. The van der Waals surface area contributed by atoms with Gasteiger partial charge in [-0.15, -0.1) is 0 Å². The van der Waals surface area contributed by atoms with Gasteiger partial charge in [-0.25, -0.2) is 4.79 Å². The van der Waals surface area contributed by atoms with E-state index in [2.05, 4.69) is 4.98 Å². The van der Waals surface area contributed by atoms with E-state index in [1.54, 1.807) is 0 Å². The standard InChI is InChI=1S/C6H6N2O3/c9-2-1-4-3-5(10)8-6(11)7-4/h2-3H,1H2,(H2,7,8,10,11). The van der Waals surface area contributed by atoms with Crippen molar-refractivity contribution in [3.05, 3.63) is 32.6 Å². The molecule has 0 amide bonds. The molecule has 0 aromatic carbocycles. The van der Waals surface area contributed by atoms with Crippen LogP contribution in [0.4, 0.5) is 0 Å². The van der Waals surface area contributed by atoms with E-state index in [1.165, 1.54) is 6.07 Å². The molecule has 0 radical (unpaired) electrons. The van der Waals surface area contributed by atoms with Crippen molar-refractivity contribution in [3.63, 3.8) is 0 Å². The van der Waals surface area contributed by atoms with Gasteiger partial charge in [0.1, 0.15) is 6.29 Å². The Balaban J connectivity index is 3.18. The Morgan fingerprint density at radius 2 is 2.09 bits per heavy atom. The van der Waals surface area contributed by atoms with E-state index in [9.17, 15) is 14.4 Å². The van der Waals surface area contributed by atoms with Gasteiger partial charge in [0.05, 0.1) is 0 Å². The number of aromatic nitrogens is 2. The highest BCUT2D eigenvalue weighted by Gasteiger charge is 1.93. The minimum Gasteiger partial charge on any atom is -0.311 e. The van der Waals surface area contributed by atoms with Crippen LogP contribution < -0.4 is 11.2 Å². The first-order chi connectivity index (χ1) is 5.22. The average molecular weight is 154 g/mol. The van der Waals surface area contributed by atoms with Crippen LogP contribution in [0.3, 0.4) is 0 Å². The van der Waals surface area contributed by atoms with E-state index in [1.807, 2.05) is 4.98 Å². The molecule has 0 saturated carbocycles. The van der Waals surface area contributed by atoms with E-state index < -0.39 is 11.2 Å². The van der Waals surface area contributed by atoms with Crippen molar-refractivity contribution in [2.45, 2.75) is 6.42 Å². The second kappa shape index (κ2) is 2.96. The van der Waals surface area contributed by atoms with Gasteiger partial charge in [0, 0.05) is 18.2 Å². The molecule has 5 nitrogen and oxygen atoms in total. The van der Waals surface area contributed by atoms with Crippen molar-refractivity contribution in [2.75, 3.05) is 0 Å². The maximum Gasteiger partial charge on any atom is 0.325 e. The number of carbonyl (C=O) groups excluding carboxylic acids is 1. The van der Waals surface area contributed by atoms with Gasteiger partial charge in [0.25, 0.3) is 5.56 Å². The van der Waals surface area contributed by atoms with Crippen LogP contribution in [-0.4, -0.2) is 16.3 Å². The third kappa shape index (κ3) is 1.89. The van der Waals surface area contributed by atoms with Crippen LogP contribution in [0.5, 0.6) is 0 Å². The first-order valence-electron chi connectivity index (χ1n) is 2.98. The van der Waals surface area contributed by atoms with Crippen LogP contribution in [0.1, 0.15) is 5.69 Å². The second-order valence-electron chi connectivity index (χ2n) is 1.98. The van der Waals surface area contributed by atoms with E-state index in [0.29, 0.717) is 12.0 Å². The van der Waals surface area contributed by atoms with Crippen LogP contribution >= 0.6 is 0 Å². The third-order valence-corrected chi connectivity index (χ3v) is 1.12. The molecule has 1 heterocycles. The van der Waals surface area contributed by atoms with Gasteiger partial charge in [-0.2, -0.15) is 0 Å². The molecule has 0 spiro atoms. The van der Waals surface area contributed by atoms with E-state index in [-0.39, 0.29) is 6.42 Å². The number of nitrogens with one attached hydrogen (secondary N) is 2. The van der Waals surface area contributed by atoms with Crippen LogP contribution in [0.15, 0.2) is 15.7 Å². The quantitative estimate of drug-likeness (QED) is 0.525. The molecule has 5 heteroatoms. The van der Waals surface area contributed by atoms with Gasteiger partial charge in [-0.3, -0.25) is 9.78 Å². The summed E-state index contributed by atoms with van der Waals surface area (Å²) in [6, 6.07) is 1.18. The van der Waals surface area contributed by atoms with Crippen molar-refractivity contribution >= 4 is 6.29 Å². The molecule has 0 unspecified atom stereocenters. The van der Waals surface area contributed by atoms with Crippen molar-refractivity contribution in [1.82, 2.24) is 9.97 Å². The first kappa shape index (κ1) is 7.46. The summed E-state index contributed by atoms with van der Waals surface area (Å²) in [5, 5.41) is 0. The Labute approximate surface area is 61.1 Å².